The third-order valence-electron chi connectivity index (χ3n) is 4.53. The van der Waals surface area contributed by atoms with Gasteiger partial charge >= 0.3 is 0 Å². The molecule has 140 valence electrons. The Morgan fingerprint density at radius 3 is 2.15 bits per heavy atom. The van der Waals surface area contributed by atoms with Gasteiger partial charge in [0.1, 0.15) is 0 Å². The molecule has 2 aromatic carbocycles. The number of amides is 2. The van der Waals surface area contributed by atoms with E-state index in [1.165, 1.54) is 11.6 Å². The molecule has 2 N–H and O–H groups in total. The van der Waals surface area contributed by atoms with Gasteiger partial charge in [0.2, 0.25) is 5.91 Å². The molecule has 0 bridgehead atoms. The molecule has 0 unspecified atom stereocenters. The molecule has 2 aromatic rings. The number of nitrogens with one attached hydrogen (secondary N) is 2. The van der Waals surface area contributed by atoms with Crippen LogP contribution >= 0.6 is 0 Å². The summed E-state index contributed by atoms with van der Waals surface area (Å²) < 4.78 is 0. The Labute approximate surface area is 160 Å². The lowest BCUT2D eigenvalue weighted by Gasteiger charge is -2.19. The molecule has 0 atom stereocenters. The maximum atomic E-state index is 12.1. The lowest BCUT2D eigenvalue weighted by molar-refractivity contribution is -0.111. The number of rotatable bonds is 5. The summed E-state index contributed by atoms with van der Waals surface area (Å²) in [6.45, 7) is 6.47. The van der Waals surface area contributed by atoms with Crippen molar-refractivity contribution in [2.45, 2.75) is 45.1 Å². The zero-order chi connectivity index (χ0) is 19.4. The van der Waals surface area contributed by atoms with E-state index in [2.05, 4.69) is 31.4 Å². The van der Waals surface area contributed by atoms with Gasteiger partial charge in [0.05, 0.1) is 0 Å². The molecule has 4 heteroatoms. The summed E-state index contributed by atoms with van der Waals surface area (Å²) in [5, 5.41) is 5.82. The number of carbonyl (C=O) groups excluding carboxylic acids is 2. The van der Waals surface area contributed by atoms with Crippen molar-refractivity contribution in [1.82, 2.24) is 5.32 Å². The van der Waals surface area contributed by atoms with Crippen molar-refractivity contribution in [1.29, 1.82) is 0 Å². The first-order valence-corrected chi connectivity index (χ1v) is 9.32. The van der Waals surface area contributed by atoms with E-state index in [4.69, 9.17) is 0 Å². The molecule has 1 fully saturated rings. The molecule has 27 heavy (non-hydrogen) atoms. The van der Waals surface area contributed by atoms with Crippen molar-refractivity contribution >= 4 is 23.6 Å². The highest BCUT2D eigenvalue weighted by Gasteiger charge is 2.23. The third kappa shape index (κ3) is 5.55. The Balaban J connectivity index is 1.55. The standard InChI is InChI=1S/C23H26N2O2/c1-23(2,3)18-9-11-19(12-10-18)24-21(26)15-6-16-4-7-17(8-5-16)22(27)25-20-13-14-20/h4-12,15,20H,13-14H2,1-3H3,(H,24,26)(H,25,27)/b15-6+. The van der Waals surface area contributed by atoms with Gasteiger partial charge in [0.25, 0.3) is 5.91 Å². The Morgan fingerprint density at radius 1 is 0.963 bits per heavy atom. The quantitative estimate of drug-likeness (QED) is 0.768. The molecule has 0 aromatic heterocycles. The predicted octanol–water partition coefficient (Wildman–Crippen LogP) is 4.53. The van der Waals surface area contributed by atoms with Gasteiger partial charge in [-0.15, -0.1) is 0 Å². The second kappa shape index (κ2) is 7.78. The highest BCUT2D eigenvalue weighted by Crippen LogP contribution is 2.23. The minimum atomic E-state index is -0.186. The lowest BCUT2D eigenvalue weighted by atomic mass is 9.87. The van der Waals surface area contributed by atoms with E-state index in [1.807, 2.05) is 36.4 Å². The van der Waals surface area contributed by atoms with Crippen LogP contribution in [0.25, 0.3) is 6.08 Å². The highest BCUT2D eigenvalue weighted by atomic mass is 16.2. The minimum Gasteiger partial charge on any atom is -0.349 e. The first-order chi connectivity index (χ1) is 12.8. The number of carbonyl (C=O) groups is 2. The molecular formula is C23H26N2O2. The Hall–Kier alpha value is -2.88. The monoisotopic (exact) mass is 362 g/mol. The van der Waals surface area contributed by atoms with Gasteiger partial charge in [-0.05, 0) is 59.7 Å². The SMILES string of the molecule is CC(C)(C)c1ccc(NC(=O)/C=C/c2ccc(C(=O)NC3CC3)cc2)cc1. The summed E-state index contributed by atoms with van der Waals surface area (Å²) in [6, 6.07) is 15.5. The zero-order valence-electron chi connectivity index (χ0n) is 16.1. The van der Waals surface area contributed by atoms with Gasteiger partial charge in [-0.2, -0.15) is 0 Å². The Bertz CT molecular complexity index is 839. The van der Waals surface area contributed by atoms with Crippen LogP contribution in [0.5, 0.6) is 0 Å². The van der Waals surface area contributed by atoms with Crippen LogP contribution < -0.4 is 10.6 Å². The largest absolute Gasteiger partial charge is 0.349 e. The van der Waals surface area contributed by atoms with Gasteiger partial charge in [0.15, 0.2) is 0 Å². The molecule has 4 nitrogen and oxygen atoms in total. The lowest BCUT2D eigenvalue weighted by Crippen LogP contribution is -2.25. The van der Waals surface area contributed by atoms with Gasteiger partial charge in [-0.25, -0.2) is 0 Å². The molecule has 0 radical (unpaired) electrons. The number of anilines is 1. The maximum absolute atomic E-state index is 12.1. The summed E-state index contributed by atoms with van der Waals surface area (Å²) >= 11 is 0. The summed E-state index contributed by atoms with van der Waals surface area (Å²) in [5.41, 5.74) is 3.59. The van der Waals surface area contributed by atoms with Gasteiger partial charge in [-0.1, -0.05) is 45.0 Å². The molecular weight excluding hydrogens is 336 g/mol. The van der Waals surface area contributed by atoms with E-state index in [1.54, 1.807) is 18.2 Å². The van der Waals surface area contributed by atoms with Crippen LogP contribution in [0.4, 0.5) is 5.69 Å². The molecule has 0 aliphatic heterocycles. The summed E-state index contributed by atoms with van der Waals surface area (Å²) in [5.74, 6) is -0.224. The second-order valence-electron chi connectivity index (χ2n) is 8.02. The maximum Gasteiger partial charge on any atom is 0.251 e. The molecule has 2 amide bonds. The fraction of sp³-hybridized carbons (Fsp3) is 0.304. The third-order valence-corrected chi connectivity index (χ3v) is 4.53. The molecule has 1 saturated carbocycles. The van der Waals surface area contributed by atoms with Crippen LogP contribution in [-0.4, -0.2) is 17.9 Å². The average Bonchev–Trinajstić information content (AvgIpc) is 3.44. The molecule has 1 aliphatic carbocycles. The fourth-order valence-corrected chi connectivity index (χ4v) is 2.65. The van der Waals surface area contributed by atoms with E-state index < -0.39 is 0 Å². The fourth-order valence-electron chi connectivity index (χ4n) is 2.65. The van der Waals surface area contributed by atoms with E-state index in [9.17, 15) is 9.59 Å². The highest BCUT2D eigenvalue weighted by molar-refractivity contribution is 6.02. The Kier molecular flexibility index (Phi) is 5.45. The van der Waals surface area contributed by atoms with Crippen molar-refractivity contribution in [2.75, 3.05) is 5.32 Å². The van der Waals surface area contributed by atoms with E-state index in [-0.39, 0.29) is 17.2 Å². The number of benzene rings is 2. The van der Waals surface area contributed by atoms with E-state index >= 15 is 0 Å². The number of hydrogen-bond donors (Lipinski definition) is 2. The van der Waals surface area contributed by atoms with Crippen LogP contribution in [0.2, 0.25) is 0 Å². The topological polar surface area (TPSA) is 58.2 Å². The van der Waals surface area contributed by atoms with E-state index in [0.717, 1.165) is 24.1 Å². The summed E-state index contributed by atoms with van der Waals surface area (Å²) in [4.78, 5) is 24.1. The predicted molar refractivity (Wildman–Crippen MR) is 110 cm³/mol. The number of hydrogen-bond acceptors (Lipinski definition) is 2. The normalized spacial score (nSPS) is 14.2. The minimum absolute atomic E-state index is 0.0375. The average molecular weight is 362 g/mol. The summed E-state index contributed by atoms with van der Waals surface area (Å²) in [6.07, 6.45) is 5.37. The van der Waals surface area contributed by atoms with Crippen LogP contribution in [0.15, 0.2) is 54.6 Å². The first-order valence-electron chi connectivity index (χ1n) is 9.32. The van der Waals surface area contributed by atoms with Crippen molar-refractivity contribution in [3.63, 3.8) is 0 Å². The van der Waals surface area contributed by atoms with Crippen molar-refractivity contribution in [2.24, 2.45) is 0 Å². The van der Waals surface area contributed by atoms with Gasteiger partial charge < -0.3 is 10.6 Å². The smallest absolute Gasteiger partial charge is 0.251 e. The zero-order valence-corrected chi connectivity index (χ0v) is 16.1. The second-order valence-corrected chi connectivity index (χ2v) is 8.02. The van der Waals surface area contributed by atoms with Crippen molar-refractivity contribution in [3.8, 4) is 0 Å². The van der Waals surface area contributed by atoms with Gasteiger partial charge in [0, 0.05) is 23.4 Å². The van der Waals surface area contributed by atoms with Crippen LogP contribution in [0.1, 0.15) is 55.1 Å². The molecule has 0 spiro atoms. The van der Waals surface area contributed by atoms with Crippen LogP contribution in [-0.2, 0) is 10.2 Å². The molecule has 0 heterocycles. The van der Waals surface area contributed by atoms with Crippen LogP contribution in [0.3, 0.4) is 0 Å². The van der Waals surface area contributed by atoms with Crippen molar-refractivity contribution < 1.29 is 9.59 Å². The summed E-state index contributed by atoms with van der Waals surface area (Å²) in [7, 11) is 0. The van der Waals surface area contributed by atoms with E-state index in [0.29, 0.717) is 11.6 Å². The van der Waals surface area contributed by atoms with Gasteiger partial charge in [-0.3, -0.25) is 9.59 Å². The van der Waals surface area contributed by atoms with Crippen LogP contribution in [0, 0.1) is 0 Å². The molecule has 3 rings (SSSR count). The molecule has 1 aliphatic rings. The Morgan fingerprint density at radius 2 is 1.59 bits per heavy atom. The first kappa shape index (κ1) is 18.9. The van der Waals surface area contributed by atoms with Crippen molar-refractivity contribution in [3.05, 3.63) is 71.3 Å². The molecule has 0 saturated heterocycles.